The second kappa shape index (κ2) is 6.81. The second-order valence-electron chi connectivity index (χ2n) is 5.21. The third kappa shape index (κ3) is 4.70. The van der Waals surface area contributed by atoms with E-state index >= 15 is 0 Å². The van der Waals surface area contributed by atoms with E-state index in [1.54, 1.807) is 12.3 Å². The monoisotopic (exact) mass is 270 g/mol. The Balaban J connectivity index is 2.86. The van der Waals surface area contributed by atoms with Gasteiger partial charge in [-0.1, -0.05) is 25.4 Å². The highest BCUT2D eigenvalue weighted by atomic mass is 35.5. The van der Waals surface area contributed by atoms with Crippen LogP contribution in [-0.2, 0) is 0 Å². The lowest BCUT2D eigenvalue weighted by Crippen LogP contribution is -2.35. The van der Waals surface area contributed by atoms with E-state index in [1.807, 2.05) is 0 Å². The van der Waals surface area contributed by atoms with Crippen LogP contribution in [0.4, 0.5) is 11.5 Å². The largest absolute Gasteiger partial charge is 0.396 e. The van der Waals surface area contributed by atoms with Crippen LogP contribution in [0.1, 0.15) is 13.8 Å². The summed E-state index contributed by atoms with van der Waals surface area (Å²) in [5.41, 5.74) is 6.64. The first-order valence-corrected chi connectivity index (χ1v) is 6.58. The number of nitrogen functional groups attached to an aromatic ring is 1. The molecule has 0 saturated carbocycles. The van der Waals surface area contributed by atoms with E-state index < -0.39 is 0 Å². The fourth-order valence-corrected chi connectivity index (χ4v) is 1.92. The summed E-state index contributed by atoms with van der Waals surface area (Å²) in [4.78, 5) is 8.73. The van der Waals surface area contributed by atoms with Gasteiger partial charge in [-0.05, 0) is 26.1 Å². The Bertz CT molecular complexity index is 379. The number of halogens is 1. The predicted octanol–water partition coefficient (Wildman–Crippen LogP) is 2.34. The molecule has 0 saturated heterocycles. The first-order valence-electron chi connectivity index (χ1n) is 6.21. The molecule has 102 valence electrons. The van der Waals surface area contributed by atoms with Crippen molar-refractivity contribution in [2.24, 2.45) is 5.92 Å². The lowest BCUT2D eigenvalue weighted by Gasteiger charge is -2.28. The lowest BCUT2D eigenvalue weighted by atomic mass is 10.2. The van der Waals surface area contributed by atoms with Crippen molar-refractivity contribution < 1.29 is 0 Å². The van der Waals surface area contributed by atoms with E-state index in [0.29, 0.717) is 16.6 Å². The van der Waals surface area contributed by atoms with Gasteiger partial charge in [0.15, 0.2) is 5.82 Å². The summed E-state index contributed by atoms with van der Waals surface area (Å²) in [6.07, 6.45) is 1.65. The molecule has 1 rings (SSSR count). The van der Waals surface area contributed by atoms with Crippen molar-refractivity contribution in [2.75, 3.05) is 44.4 Å². The molecule has 0 aromatic carbocycles. The van der Waals surface area contributed by atoms with Crippen LogP contribution in [0.25, 0.3) is 0 Å². The van der Waals surface area contributed by atoms with Gasteiger partial charge in [0.05, 0.1) is 10.7 Å². The normalized spacial score (nSPS) is 11.3. The van der Waals surface area contributed by atoms with Crippen molar-refractivity contribution in [1.29, 1.82) is 0 Å². The summed E-state index contributed by atoms with van der Waals surface area (Å²) in [7, 11) is 4.12. The molecule has 0 bridgehead atoms. The topological polar surface area (TPSA) is 45.4 Å². The number of likely N-dealkylation sites (N-methyl/N-ethyl adjacent to an activating group) is 1. The van der Waals surface area contributed by atoms with Crippen molar-refractivity contribution in [2.45, 2.75) is 13.8 Å². The van der Waals surface area contributed by atoms with E-state index in [9.17, 15) is 0 Å². The van der Waals surface area contributed by atoms with Crippen LogP contribution in [0.5, 0.6) is 0 Å². The minimum Gasteiger partial charge on any atom is -0.396 e. The molecule has 0 fully saturated rings. The minimum absolute atomic E-state index is 0.559. The molecule has 0 atom stereocenters. The van der Waals surface area contributed by atoms with Gasteiger partial charge in [-0.3, -0.25) is 0 Å². The van der Waals surface area contributed by atoms with Gasteiger partial charge in [0.25, 0.3) is 0 Å². The molecule has 0 amide bonds. The average Bonchev–Trinajstić information content (AvgIpc) is 2.24. The predicted molar refractivity (Wildman–Crippen MR) is 79.3 cm³/mol. The SMILES string of the molecule is CC(C)CN(CCN(C)C)c1ncc(Cl)cc1N. The number of pyridine rings is 1. The Morgan fingerprint density at radius 3 is 2.50 bits per heavy atom. The van der Waals surface area contributed by atoms with Crippen LogP contribution < -0.4 is 10.6 Å². The summed E-state index contributed by atoms with van der Waals surface area (Å²) in [5.74, 6) is 1.39. The number of nitrogens with zero attached hydrogens (tertiary/aromatic N) is 3. The first-order chi connectivity index (χ1) is 8.40. The Kier molecular flexibility index (Phi) is 5.69. The van der Waals surface area contributed by atoms with E-state index in [1.165, 1.54) is 0 Å². The average molecular weight is 271 g/mol. The first kappa shape index (κ1) is 15.1. The summed E-state index contributed by atoms with van der Waals surface area (Å²) in [6, 6.07) is 1.76. The Hall–Kier alpha value is -1.00. The number of anilines is 2. The van der Waals surface area contributed by atoms with Gasteiger partial charge >= 0.3 is 0 Å². The highest BCUT2D eigenvalue weighted by Gasteiger charge is 2.13. The summed E-state index contributed by atoms with van der Waals surface area (Å²) >= 11 is 5.89. The van der Waals surface area contributed by atoms with Crippen molar-refractivity contribution in [1.82, 2.24) is 9.88 Å². The Morgan fingerprint density at radius 2 is 2.00 bits per heavy atom. The molecule has 2 N–H and O–H groups in total. The maximum atomic E-state index is 6.00. The number of hydrogen-bond donors (Lipinski definition) is 1. The van der Waals surface area contributed by atoms with Gasteiger partial charge in [0, 0.05) is 25.8 Å². The highest BCUT2D eigenvalue weighted by molar-refractivity contribution is 6.30. The molecule has 0 aliphatic heterocycles. The van der Waals surface area contributed by atoms with Gasteiger partial charge in [-0.15, -0.1) is 0 Å². The molecule has 18 heavy (non-hydrogen) atoms. The number of aromatic nitrogens is 1. The van der Waals surface area contributed by atoms with Crippen molar-refractivity contribution in [3.05, 3.63) is 17.3 Å². The van der Waals surface area contributed by atoms with Crippen molar-refractivity contribution in [3.63, 3.8) is 0 Å². The molecular weight excluding hydrogens is 248 g/mol. The van der Waals surface area contributed by atoms with Gasteiger partial charge in [0.1, 0.15) is 0 Å². The van der Waals surface area contributed by atoms with E-state index in [4.69, 9.17) is 17.3 Å². The Morgan fingerprint density at radius 1 is 1.33 bits per heavy atom. The van der Waals surface area contributed by atoms with Crippen LogP contribution in [-0.4, -0.2) is 43.6 Å². The second-order valence-corrected chi connectivity index (χ2v) is 5.65. The van der Waals surface area contributed by atoms with E-state index in [0.717, 1.165) is 25.5 Å². The molecule has 0 radical (unpaired) electrons. The lowest BCUT2D eigenvalue weighted by molar-refractivity contribution is 0.408. The van der Waals surface area contributed by atoms with Gasteiger partial charge in [0.2, 0.25) is 0 Å². The van der Waals surface area contributed by atoms with Crippen LogP contribution in [0.3, 0.4) is 0 Å². The maximum Gasteiger partial charge on any atom is 0.151 e. The molecule has 0 spiro atoms. The Labute approximate surface area is 115 Å². The van der Waals surface area contributed by atoms with Crippen LogP contribution >= 0.6 is 11.6 Å². The fourth-order valence-electron chi connectivity index (χ4n) is 1.76. The molecule has 0 unspecified atom stereocenters. The summed E-state index contributed by atoms with van der Waals surface area (Å²) in [5, 5.41) is 0.577. The number of hydrogen-bond acceptors (Lipinski definition) is 4. The van der Waals surface area contributed by atoms with Crippen LogP contribution in [0.2, 0.25) is 5.02 Å². The summed E-state index contributed by atoms with van der Waals surface area (Å²) in [6.45, 7) is 7.19. The number of nitrogens with two attached hydrogens (primary N) is 1. The molecule has 1 aromatic rings. The van der Waals surface area contributed by atoms with E-state index in [2.05, 4.69) is 42.7 Å². The van der Waals surface area contributed by atoms with Crippen molar-refractivity contribution >= 4 is 23.1 Å². The van der Waals surface area contributed by atoms with Gasteiger partial charge < -0.3 is 15.5 Å². The van der Waals surface area contributed by atoms with Crippen molar-refractivity contribution in [3.8, 4) is 0 Å². The molecule has 1 heterocycles. The molecular formula is C13H23ClN4. The molecule has 0 aliphatic carbocycles. The highest BCUT2D eigenvalue weighted by Crippen LogP contribution is 2.24. The van der Waals surface area contributed by atoms with Crippen LogP contribution in [0, 0.1) is 5.92 Å². The smallest absolute Gasteiger partial charge is 0.151 e. The van der Waals surface area contributed by atoms with Gasteiger partial charge in [-0.2, -0.15) is 0 Å². The third-order valence-electron chi connectivity index (χ3n) is 2.56. The summed E-state index contributed by atoms with van der Waals surface area (Å²) < 4.78 is 0. The van der Waals surface area contributed by atoms with Crippen LogP contribution in [0.15, 0.2) is 12.3 Å². The minimum atomic E-state index is 0.559. The molecule has 1 aromatic heterocycles. The number of rotatable bonds is 6. The van der Waals surface area contributed by atoms with Gasteiger partial charge in [-0.25, -0.2) is 4.98 Å². The molecule has 4 nitrogen and oxygen atoms in total. The zero-order chi connectivity index (χ0) is 13.7. The van der Waals surface area contributed by atoms with E-state index in [-0.39, 0.29) is 0 Å². The molecule has 5 heteroatoms. The zero-order valence-corrected chi connectivity index (χ0v) is 12.4. The maximum absolute atomic E-state index is 6.00. The standard InChI is InChI=1S/C13H23ClN4/c1-10(2)9-18(6-5-17(3)4)13-12(15)7-11(14)8-16-13/h7-8,10H,5-6,9,15H2,1-4H3. The quantitative estimate of drug-likeness (QED) is 0.862. The zero-order valence-electron chi connectivity index (χ0n) is 11.7. The molecule has 0 aliphatic rings. The third-order valence-corrected chi connectivity index (χ3v) is 2.77. The fraction of sp³-hybridized carbons (Fsp3) is 0.615.